The maximum absolute atomic E-state index is 12.3. The molecule has 0 aliphatic carbocycles. The Balaban J connectivity index is 1.83. The molecule has 1 fully saturated rings. The number of para-hydroxylation sites is 1. The lowest BCUT2D eigenvalue weighted by Crippen LogP contribution is -2.65. The Morgan fingerprint density at radius 3 is 2.30 bits per heavy atom. The molecule has 1 aliphatic heterocycles. The molecule has 1 aliphatic rings. The zero-order valence-electron chi connectivity index (χ0n) is 13.1. The van der Waals surface area contributed by atoms with Crippen LogP contribution in [0.25, 0.3) is 6.08 Å². The van der Waals surface area contributed by atoms with Crippen LogP contribution in [0.15, 0.2) is 79.0 Å². The highest BCUT2D eigenvalue weighted by atomic mass is 16.5. The number of ether oxygens (including phenoxy) is 1. The van der Waals surface area contributed by atoms with E-state index in [1.54, 1.807) is 11.1 Å². The van der Waals surface area contributed by atoms with Crippen LogP contribution in [-0.2, 0) is 4.79 Å². The second-order valence-electron chi connectivity index (χ2n) is 5.52. The first-order valence-electron chi connectivity index (χ1n) is 7.60. The molecule has 3 nitrogen and oxygen atoms in total. The van der Waals surface area contributed by atoms with Crippen molar-refractivity contribution in [1.82, 2.24) is 4.90 Å². The summed E-state index contributed by atoms with van der Waals surface area (Å²) in [6.45, 7) is 5.75. The van der Waals surface area contributed by atoms with Gasteiger partial charge in [0.1, 0.15) is 11.8 Å². The van der Waals surface area contributed by atoms with E-state index in [2.05, 4.69) is 12.7 Å². The summed E-state index contributed by atoms with van der Waals surface area (Å²) in [5, 5.41) is 0. The summed E-state index contributed by atoms with van der Waals surface area (Å²) >= 11 is 0. The van der Waals surface area contributed by atoms with Crippen LogP contribution in [0, 0.1) is 0 Å². The number of hydrogen-bond donors (Lipinski definition) is 0. The predicted molar refractivity (Wildman–Crippen MR) is 91.8 cm³/mol. The van der Waals surface area contributed by atoms with Crippen molar-refractivity contribution in [3.05, 3.63) is 84.6 Å². The quantitative estimate of drug-likeness (QED) is 0.784. The minimum absolute atomic E-state index is 0.0605. The average Bonchev–Trinajstić information content (AvgIpc) is 2.59. The third-order valence-corrected chi connectivity index (χ3v) is 3.95. The molecule has 2 atom stereocenters. The van der Waals surface area contributed by atoms with E-state index in [0.29, 0.717) is 5.75 Å². The van der Waals surface area contributed by atoms with Gasteiger partial charge in [0, 0.05) is 6.20 Å². The van der Waals surface area contributed by atoms with E-state index >= 15 is 0 Å². The topological polar surface area (TPSA) is 29.5 Å². The number of β-lactam (4-membered cyclic amide) rings is 1. The maximum atomic E-state index is 12.3. The fourth-order valence-electron chi connectivity index (χ4n) is 2.80. The molecule has 2 aromatic carbocycles. The first-order valence-corrected chi connectivity index (χ1v) is 7.60. The summed E-state index contributed by atoms with van der Waals surface area (Å²) in [5.41, 5.74) is 2.17. The number of carbonyl (C=O) groups is 1. The number of carbonyl (C=O) groups excluding carboxylic acids is 1. The van der Waals surface area contributed by atoms with Gasteiger partial charge in [-0.1, -0.05) is 61.2 Å². The Morgan fingerprint density at radius 1 is 1.09 bits per heavy atom. The van der Waals surface area contributed by atoms with E-state index in [9.17, 15) is 4.79 Å². The molecule has 3 rings (SSSR count). The van der Waals surface area contributed by atoms with Gasteiger partial charge in [0.05, 0.1) is 0 Å². The van der Waals surface area contributed by atoms with Gasteiger partial charge >= 0.3 is 0 Å². The minimum atomic E-state index is -0.504. The van der Waals surface area contributed by atoms with Crippen LogP contribution in [0.2, 0.25) is 0 Å². The van der Waals surface area contributed by atoms with Gasteiger partial charge in [-0.15, -0.1) is 0 Å². The van der Waals surface area contributed by atoms with Crippen molar-refractivity contribution in [3.8, 4) is 5.75 Å². The van der Waals surface area contributed by atoms with E-state index in [0.717, 1.165) is 11.1 Å². The molecular formula is C20H19NO2. The van der Waals surface area contributed by atoms with Crippen molar-refractivity contribution < 1.29 is 9.53 Å². The number of rotatable bonds is 5. The van der Waals surface area contributed by atoms with Crippen molar-refractivity contribution >= 4 is 12.0 Å². The van der Waals surface area contributed by atoms with Gasteiger partial charge < -0.3 is 9.64 Å². The second kappa shape index (κ2) is 6.53. The smallest absolute Gasteiger partial charge is 0.270 e. The summed E-state index contributed by atoms with van der Waals surface area (Å²) in [7, 11) is 0. The monoisotopic (exact) mass is 305 g/mol. The first kappa shape index (κ1) is 15.1. The zero-order valence-corrected chi connectivity index (χ0v) is 13.1. The summed E-state index contributed by atoms with van der Waals surface area (Å²) in [5.74, 6) is 0.640. The van der Waals surface area contributed by atoms with Crippen LogP contribution < -0.4 is 4.74 Å². The number of likely N-dealkylation sites (tertiary alicyclic amines) is 1. The van der Waals surface area contributed by atoms with Crippen LogP contribution >= 0.6 is 0 Å². The lowest BCUT2D eigenvalue weighted by Gasteiger charge is -2.45. The number of nitrogens with zero attached hydrogens (tertiary/aromatic N) is 1. The Morgan fingerprint density at radius 2 is 1.70 bits per heavy atom. The van der Waals surface area contributed by atoms with Crippen LogP contribution in [-0.4, -0.2) is 23.0 Å². The highest BCUT2D eigenvalue weighted by Crippen LogP contribution is 2.31. The molecule has 1 saturated heterocycles. The first-order chi connectivity index (χ1) is 11.2. The SMILES string of the molecule is C=CN1C(=O)[C@H](Oc2ccccc2)[C@@H]1/C(C)=C\c1ccccc1. The van der Waals surface area contributed by atoms with E-state index in [1.807, 2.05) is 67.6 Å². The molecular weight excluding hydrogens is 286 g/mol. The van der Waals surface area contributed by atoms with Crippen LogP contribution in [0.5, 0.6) is 5.75 Å². The van der Waals surface area contributed by atoms with Gasteiger partial charge in [-0.3, -0.25) is 4.79 Å². The van der Waals surface area contributed by atoms with E-state index in [4.69, 9.17) is 4.74 Å². The molecule has 0 spiro atoms. The fourth-order valence-corrected chi connectivity index (χ4v) is 2.80. The van der Waals surface area contributed by atoms with Gasteiger partial charge in [0.25, 0.3) is 5.91 Å². The highest BCUT2D eigenvalue weighted by molar-refractivity contribution is 5.91. The van der Waals surface area contributed by atoms with Crippen molar-refractivity contribution in [2.75, 3.05) is 0 Å². The van der Waals surface area contributed by atoms with Crippen LogP contribution in [0.4, 0.5) is 0 Å². The number of hydrogen-bond acceptors (Lipinski definition) is 2. The van der Waals surface area contributed by atoms with Gasteiger partial charge in [-0.05, 0) is 30.2 Å². The molecule has 0 radical (unpaired) electrons. The van der Waals surface area contributed by atoms with Gasteiger partial charge in [-0.2, -0.15) is 0 Å². The normalized spacial score (nSPS) is 20.8. The van der Waals surface area contributed by atoms with Crippen LogP contribution in [0.1, 0.15) is 12.5 Å². The molecule has 0 aromatic heterocycles. The Bertz CT molecular complexity index is 722. The summed E-state index contributed by atoms with van der Waals surface area (Å²) < 4.78 is 5.89. The summed E-state index contributed by atoms with van der Waals surface area (Å²) in [6.07, 6.45) is 3.14. The van der Waals surface area contributed by atoms with E-state index in [1.165, 1.54) is 0 Å². The van der Waals surface area contributed by atoms with Crippen LogP contribution in [0.3, 0.4) is 0 Å². The second-order valence-corrected chi connectivity index (χ2v) is 5.52. The Hall–Kier alpha value is -2.81. The fraction of sp³-hybridized carbons (Fsp3) is 0.150. The van der Waals surface area contributed by atoms with Crippen molar-refractivity contribution in [3.63, 3.8) is 0 Å². The number of amides is 1. The van der Waals surface area contributed by atoms with E-state index in [-0.39, 0.29) is 11.9 Å². The molecule has 1 amide bonds. The largest absolute Gasteiger partial charge is 0.478 e. The molecule has 116 valence electrons. The molecule has 0 N–H and O–H groups in total. The lowest BCUT2D eigenvalue weighted by molar-refractivity contribution is -0.154. The minimum Gasteiger partial charge on any atom is -0.478 e. The molecule has 3 heteroatoms. The molecule has 2 aromatic rings. The lowest BCUT2D eigenvalue weighted by atomic mass is 9.90. The standard InChI is InChI=1S/C20H19NO2/c1-3-21-18(15(2)14-16-10-6-4-7-11-16)19(20(21)22)23-17-12-8-5-9-13-17/h3-14,18-19H,1H2,2H3/b15-14-/t18-,19+/m0/s1. The third kappa shape index (κ3) is 3.04. The molecule has 0 saturated carbocycles. The third-order valence-electron chi connectivity index (χ3n) is 3.95. The number of benzene rings is 2. The zero-order chi connectivity index (χ0) is 16.2. The molecule has 1 heterocycles. The molecule has 23 heavy (non-hydrogen) atoms. The van der Waals surface area contributed by atoms with Gasteiger partial charge in [0.15, 0.2) is 0 Å². The summed E-state index contributed by atoms with van der Waals surface area (Å²) in [4.78, 5) is 13.9. The van der Waals surface area contributed by atoms with Crippen molar-refractivity contribution in [2.24, 2.45) is 0 Å². The van der Waals surface area contributed by atoms with E-state index < -0.39 is 6.10 Å². The highest BCUT2D eigenvalue weighted by Gasteiger charge is 2.48. The Kier molecular flexibility index (Phi) is 4.29. The molecule has 0 unspecified atom stereocenters. The average molecular weight is 305 g/mol. The van der Waals surface area contributed by atoms with Gasteiger partial charge in [0.2, 0.25) is 6.10 Å². The van der Waals surface area contributed by atoms with Crippen molar-refractivity contribution in [1.29, 1.82) is 0 Å². The molecule has 0 bridgehead atoms. The maximum Gasteiger partial charge on any atom is 0.270 e. The van der Waals surface area contributed by atoms with Crippen molar-refractivity contribution in [2.45, 2.75) is 19.1 Å². The Labute approximate surface area is 136 Å². The predicted octanol–water partition coefficient (Wildman–Crippen LogP) is 3.89. The summed E-state index contributed by atoms with van der Waals surface area (Å²) in [6, 6.07) is 19.3. The van der Waals surface area contributed by atoms with Gasteiger partial charge in [-0.25, -0.2) is 0 Å².